The molecule has 204 valence electrons. The van der Waals surface area contributed by atoms with E-state index in [9.17, 15) is 19.8 Å². The lowest BCUT2D eigenvalue weighted by atomic mass is 9.72. The Morgan fingerprint density at radius 2 is 1.86 bits per heavy atom. The van der Waals surface area contributed by atoms with Crippen LogP contribution in [0.1, 0.15) is 86.3 Å². The molecule has 0 aliphatic carbocycles. The number of aliphatic hydroxyl groups is 2. The molecular weight excluding hydrogens is 460 g/mol. The van der Waals surface area contributed by atoms with Gasteiger partial charge >= 0.3 is 5.97 Å². The maximum atomic E-state index is 13.3. The minimum atomic E-state index is -1.22. The molecule has 8 heteroatoms. The average molecular weight is 507 g/mol. The summed E-state index contributed by atoms with van der Waals surface area (Å²) in [5.41, 5.74) is -1.01. The highest BCUT2D eigenvalue weighted by atomic mass is 16.6. The number of fused-ring (bicyclic) bond motifs is 1. The largest absolute Gasteiger partial charge is 0.462 e. The first-order chi connectivity index (χ1) is 16.6. The highest BCUT2D eigenvalue weighted by Gasteiger charge is 2.54. The predicted octanol–water partition coefficient (Wildman–Crippen LogP) is 3.61. The molecule has 2 aliphatic heterocycles. The minimum Gasteiger partial charge on any atom is -0.462 e. The van der Waals surface area contributed by atoms with Crippen molar-refractivity contribution < 1.29 is 29.3 Å². The Bertz CT molecular complexity index is 940. The first kappa shape index (κ1) is 28.8. The maximum absolute atomic E-state index is 13.3. The summed E-state index contributed by atoms with van der Waals surface area (Å²) < 4.78 is 14.0. The molecule has 3 rings (SSSR count). The molecule has 8 nitrogen and oxygen atoms in total. The highest BCUT2D eigenvalue weighted by Crippen LogP contribution is 2.46. The number of carbonyl (C=O) groups excluding carboxylic acids is 2. The first-order valence-corrected chi connectivity index (χ1v) is 13.3. The fourth-order valence-electron chi connectivity index (χ4n) is 5.63. The van der Waals surface area contributed by atoms with Crippen LogP contribution in [0.4, 0.5) is 0 Å². The van der Waals surface area contributed by atoms with Gasteiger partial charge in [0.05, 0.1) is 47.8 Å². The summed E-state index contributed by atoms with van der Waals surface area (Å²) in [4.78, 5) is 30.8. The van der Waals surface area contributed by atoms with Crippen LogP contribution >= 0.6 is 0 Å². The van der Waals surface area contributed by atoms with Crippen LogP contribution in [-0.4, -0.2) is 61.5 Å². The number of hydrogen-bond acceptors (Lipinski definition) is 7. The molecule has 0 spiro atoms. The van der Waals surface area contributed by atoms with Crippen LogP contribution in [0.15, 0.2) is 12.5 Å². The zero-order valence-electron chi connectivity index (χ0n) is 23.3. The molecule has 1 aromatic heterocycles. The van der Waals surface area contributed by atoms with Gasteiger partial charge in [0.25, 0.3) is 0 Å². The first-order valence-electron chi connectivity index (χ1n) is 13.3. The second kappa shape index (κ2) is 10.5. The van der Waals surface area contributed by atoms with Crippen molar-refractivity contribution >= 4 is 11.8 Å². The summed E-state index contributed by atoms with van der Waals surface area (Å²) in [5, 5.41) is 21.8. The molecule has 0 amide bonds. The van der Waals surface area contributed by atoms with Crippen LogP contribution in [0.5, 0.6) is 0 Å². The fourth-order valence-corrected chi connectivity index (χ4v) is 5.63. The lowest BCUT2D eigenvalue weighted by Crippen LogP contribution is -2.46. The molecule has 0 saturated carbocycles. The number of epoxide rings is 1. The number of ether oxygens (including phenoxy) is 2. The van der Waals surface area contributed by atoms with E-state index in [-0.39, 0.29) is 29.8 Å². The van der Waals surface area contributed by atoms with E-state index in [4.69, 9.17) is 9.47 Å². The monoisotopic (exact) mass is 506 g/mol. The van der Waals surface area contributed by atoms with Crippen molar-refractivity contribution in [2.45, 2.75) is 117 Å². The van der Waals surface area contributed by atoms with Gasteiger partial charge in [0.2, 0.25) is 0 Å². The van der Waals surface area contributed by atoms with Gasteiger partial charge in [-0.1, -0.05) is 48.0 Å². The number of aromatic nitrogens is 2. The van der Waals surface area contributed by atoms with E-state index >= 15 is 0 Å². The van der Waals surface area contributed by atoms with Crippen molar-refractivity contribution in [1.29, 1.82) is 0 Å². The van der Waals surface area contributed by atoms with Crippen LogP contribution in [-0.2, 0) is 32.5 Å². The van der Waals surface area contributed by atoms with Gasteiger partial charge in [-0.2, -0.15) is 0 Å². The van der Waals surface area contributed by atoms with Crippen molar-refractivity contribution in [2.75, 3.05) is 0 Å². The van der Waals surface area contributed by atoms with Gasteiger partial charge in [0.15, 0.2) is 0 Å². The number of aliphatic hydroxyl groups excluding tert-OH is 2. The molecule has 3 heterocycles. The number of rotatable bonds is 3. The Balaban J connectivity index is 1.85. The summed E-state index contributed by atoms with van der Waals surface area (Å²) in [5.74, 6) is -1.52. The standard InChI is InChI=1S/C28H46N2O6/c1-17-10-9-11-28(7)22(36-28)13-21(26(3,4)14-19-15-30(8)16-29-19)35-23(32)12-20(31)27(5,6)25(34)18(2)24(17)33/h15-18,20-22,24,31,33H,9-14H2,1-8H3/t17-,18+,20-,21-,22-,24-,28+/m0/s1. The molecule has 2 fully saturated rings. The Labute approximate surface area is 215 Å². The van der Waals surface area contributed by atoms with Gasteiger partial charge in [0, 0.05) is 31.0 Å². The molecule has 0 radical (unpaired) electrons. The van der Waals surface area contributed by atoms with Crippen molar-refractivity contribution in [1.82, 2.24) is 9.55 Å². The number of imidazole rings is 1. The third kappa shape index (κ3) is 6.37. The number of aryl methyl sites for hydroxylation is 1. The SMILES string of the molecule is C[C@H]1CCC[C@@]2(C)O[C@H]2C[C@@H](C(C)(C)Cc2cn(C)cn2)OC(=O)C[C@H](O)C(C)(C)C(=O)[C@H](C)[C@H]1O. The van der Waals surface area contributed by atoms with E-state index in [1.165, 1.54) is 0 Å². The Hall–Kier alpha value is -1.77. The molecule has 2 aliphatic rings. The number of carbonyl (C=O) groups is 2. The van der Waals surface area contributed by atoms with Crippen LogP contribution < -0.4 is 0 Å². The third-order valence-electron chi connectivity index (χ3n) is 8.67. The Morgan fingerprint density at radius 1 is 1.19 bits per heavy atom. The van der Waals surface area contributed by atoms with Gasteiger partial charge in [-0.15, -0.1) is 0 Å². The third-order valence-corrected chi connectivity index (χ3v) is 8.67. The second-order valence-corrected chi connectivity index (χ2v) is 12.8. The molecule has 7 atom stereocenters. The molecule has 0 bridgehead atoms. The number of esters is 1. The number of hydrogen-bond donors (Lipinski definition) is 2. The van der Waals surface area contributed by atoms with E-state index in [1.54, 1.807) is 27.1 Å². The van der Waals surface area contributed by atoms with E-state index in [2.05, 4.69) is 25.8 Å². The maximum Gasteiger partial charge on any atom is 0.308 e. The quantitative estimate of drug-likeness (QED) is 0.475. The van der Waals surface area contributed by atoms with E-state index < -0.39 is 41.0 Å². The van der Waals surface area contributed by atoms with Gasteiger partial charge < -0.3 is 24.3 Å². The number of Topliss-reactive ketones (excluding diaryl/α,β-unsaturated/α-hetero) is 1. The average Bonchev–Trinajstić information content (AvgIpc) is 3.23. The van der Waals surface area contributed by atoms with Crippen LogP contribution in [0.3, 0.4) is 0 Å². The predicted molar refractivity (Wildman–Crippen MR) is 136 cm³/mol. The highest BCUT2D eigenvalue weighted by molar-refractivity contribution is 5.87. The molecule has 36 heavy (non-hydrogen) atoms. The lowest BCUT2D eigenvalue weighted by molar-refractivity contribution is -0.161. The lowest BCUT2D eigenvalue weighted by Gasteiger charge is -2.36. The summed E-state index contributed by atoms with van der Waals surface area (Å²) in [6, 6.07) is 0. The van der Waals surface area contributed by atoms with Gasteiger partial charge in [-0.25, -0.2) is 4.98 Å². The summed E-state index contributed by atoms with van der Waals surface area (Å²) in [6.07, 6.45) is 4.55. The number of ketones is 1. The summed E-state index contributed by atoms with van der Waals surface area (Å²) in [6.45, 7) is 13.1. The van der Waals surface area contributed by atoms with Crippen molar-refractivity contribution in [3.05, 3.63) is 18.2 Å². The topological polar surface area (TPSA) is 114 Å². The molecule has 0 unspecified atom stereocenters. The van der Waals surface area contributed by atoms with Crippen LogP contribution in [0.25, 0.3) is 0 Å². The van der Waals surface area contributed by atoms with E-state index in [1.807, 2.05) is 24.7 Å². The van der Waals surface area contributed by atoms with Crippen LogP contribution in [0.2, 0.25) is 0 Å². The molecule has 2 saturated heterocycles. The number of cyclic esters (lactones) is 1. The Kier molecular flexibility index (Phi) is 8.43. The van der Waals surface area contributed by atoms with E-state index in [0.29, 0.717) is 12.8 Å². The normalized spacial score (nSPS) is 36.7. The molecular formula is C28H46N2O6. The summed E-state index contributed by atoms with van der Waals surface area (Å²) >= 11 is 0. The fraction of sp³-hybridized carbons (Fsp3) is 0.821. The van der Waals surface area contributed by atoms with Gasteiger partial charge in [0.1, 0.15) is 11.9 Å². The Morgan fingerprint density at radius 3 is 2.47 bits per heavy atom. The van der Waals surface area contributed by atoms with Crippen LogP contribution in [0, 0.1) is 22.7 Å². The van der Waals surface area contributed by atoms with Crippen molar-refractivity contribution in [2.24, 2.45) is 29.7 Å². The smallest absolute Gasteiger partial charge is 0.308 e. The van der Waals surface area contributed by atoms with Gasteiger partial charge in [-0.3, -0.25) is 9.59 Å². The summed E-state index contributed by atoms with van der Waals surface area (Å²) in [7, 11) is 1.92. The number of nitrogens with zero attached hydrogens (tertiary/aromatic N) is 2. The van der Waals surface area contributed by atoms with Crippen molar-refractivity contribution in [3.63, 3.8) is 0 Å². The van der Waals surface area contributed by atoms with E-state index in [0.717, 1.165) is 25.0 Å². The molecule has 1 aromatic rings. The second-order valence-electron chi connectivity index (χ2n) is 12.8. The minimum absolute atomic E-state index is 0.0340. The molecule has 2 N–H and O–H groups in total. The van der Waals surface area contributed by atoms with Crippen molar-refractivity contribution in [3.8, 4) is 0 Å². The van der Waals surface area contributed by atoms with Gasteiger partial charge in [-0.05, 0) is 32.1 Å². The zero-order valence-corrected chi connectivity index (χ0v) is 23.3. The molecule has 0 aromatic carbocycles. The zero-order chi connectivity index (χ0) is 27.1.